The van der Waals surface area contributed by atoms with Crippen molar-refractivity contribution in [1.29, 1.82) is 0 Å². The first-order chi connectivity index (χ1) is 7.59. The first-order valence-electron chi connectivity index (χ1n) is 6.76. The molecule has 0 spiro atoms. The van der Waals surface area contributed by atoms with Gasteiger partial charge in [-0.2, -0.15) is 0 Å². The Labute approximate surface area is 100 Å². The minimum atomic E-state index is 0.282. The van der Waals surface area contributed by atoms with Gasteiger partial charge in [0.2, 0.25) is 0 Å². The summed E-state index contributed by atoms with van der Waals surface area (Å²) in [5.41, 5.74) is 5.15. The standard InChI is InChI=1S/C15H25N/c1-5-9-14-15(2,3)12-10-7-6-8-11-13(12)16(14)4/h9H,5-8,10-11H2,1-4H3/b14-9-. The molecule has 1 heterocycles. The maximum Gasteiger partial charge on any atom is 0.0275 e. The smallest absolute Gasteiger partial charge is 0.0275 e. The van der Waals surface area contributed by atoms with Crippen LogP contribution in [0.2, 0.25) is 0 Å². The van der Waals surface area contributed by atoms with Crippen LogP contribution in [0.5, 0.6) is 0 Å². The van der Waals surface area contributed by atoms with Gasteiger partial charge >= 0.3 is 0 Å². The molecule has 0 aromatic carbocycles. The van der Waals surface area contributed by atoms with Crippen molar-refractivity contribution in [3.8, 4) is 0 Å². The van der Waals surface area contributed by atoms with Crippen LogP contribution in [0.4, 0.5) is 0 Å². The van der Waals surface area contributed by atoms with E-state index in [1.54, 1.807) is 11.3 Å². The molecule has 1 nitrogen and oxygen atoms in total. The van der Waals surface area contributed by atoms with Crippen LogP contribution in [-0.2, 0) is 0 Å². The van der Waals surface area contributed by atoms with Gasteiger partial charge in [0, 0.05) is 23.9 Å². The minimum absolute atomic E-state index is 0.282. The first kappa shape index (κ1) is 11.8. The van der Waals surface area contributed by atoms with E-state index in [1.807, 2.05) is 0 Å². The van der Waals surface area contributed by atoms with Crippen LogP contribution in [0.1, 0.15) is 59.3 Å². The zero-order valence-electron chi connectivity index (χ0n) is 11.3. The Hall–Kier alpha value is -0.720. The molecule has 1 heteroatoms. The maximum absolute atomic E-state index is 2.48. The zero-order valence-corrected chi connectivity index (χ0v) is 11.3. The van der Waals surface area contributed by atoms with Crippen LogP contribution in [0.3, 0.4) is 0 Å². The highest BCUT2D eigenvalue weighted by atomic mass is 15.2. The fourth-order valence-electron chi connectivity index (χ4n) is 3.41. The summed E-state index contributed by atoms with van der Waals surface area (Å²) >= 11 is 0. The quantitative estimate of drug-likeness (QED) is 0.629. The van der Waals surface area contributed by atoms with Crippen molar-refractivity contribution in [3.63, 3.8) is 0 Å². The molecule has 90 valence electrons. The summed E-state index contributed by atoms with van der Waals surface area (Å²) in [4.78, 5) is 2.48. The molecule has 0 saturated heterocycles. The van der Waals surface area contributed by atoms with E-state index in [4.69, 9.17) is 0 Å². The molecule has 2 rings (SSSR count). The molecule has 0 aromatic heterocycles. The molecular formula is C15H25N. The van der Waals surface area contributed by atoms with Gasteiger partial charge in [-0.05, 0) is 37.7 Å². The second-order valence-corrected chi connectivity index (χ2v) is 5.67. The van der Waals surface area contributed by atoms with Gasteiger partial charge in [-0.1, -0.05) is 33.3 Å². The second kappa shape index (κ2) is 4.27. The Kier molecular flexibility index (Phi) is 3.14. The predicted molar refractivity (Wildman–Crippen MR) is 70.0 cm³/mol. The summed E-state index contributed by atoms with van der Waals surface area (Å²) in [5.74, 6) is 0. The Morgan fingerprint density at radius 2 is 1.88 bits per heavy atom. The minimum Gasteiger partial charge on any atom is -0.351 e. The third kappa shape index (κ3) is 1.70. The monoisotopic (exact) mass is 219 g/mol. The van der Waals surface area contributed by atoms with Crippen LogP contribution >= 0.6 is 0 Å². The van der Waals surface area contributed by atoms with Crippen molar-refractivity contribution in [2.24, 2.45) is 5.41 Å². The van der Waals surface area contributed by atoms with Crippen LogP contribution in [0.25, 0.3) is 0 Å². The summed E-state index contributed by atoms with van der Waals surface area (Å²) < 4.78 is 0. The summed E-state index contributed by atoms with van der Waals surface area (Å²) in [6.07, 6.45) is 10.3. The van der Waals surface area contributed by atoms with Crippen LogP contribution in [0.15, 0.2) is 23.0 Å². The predicted octanol–water partition coefficient (Wildman–Crippen LogP) is 4.47. The number of rotatable bonds is 1. The van der Waals surface area contributed by atoms with E-state index in [0.29, 0.717) is 0 Å². The Morgan fingerprint density at radius 1 is 1.19 bits per heavy atom. The average molecular weight is 219 g/mol. The van der Waals surface area contributed by atoms with Gasteiger partial charge in [0.1, 0.15) is 0 Å². The summed E-state index contributed by atoms with van der Waals surface area (Å²) in [6, 6.07) is 0. The normalized spacial score (nSPS) is 27.2. The summed E-state index contributed by atoms with van der Waals surface area (Å²) in [7, 11) is 2.26. The zero-order chi connectivity index (χ0) is 11.8. The van der Waals surface area contributed by atoms with Crippen molar-refractivity contribution in [3.05, 3.63) is 23.0 Å². The highest BCUT2D eigenvalue weighted by Gasteiger charge is 2.39. The average Bonchev–Trinajstić information content (AvgIpc) is 2.47. The Morgan fingerprint density at radius 3 is 2.56 bits per heavy atom. The number of hydrogen-bond donors (Lipinski definition) is 0. The first-order valence-corrected chi connectivity index (χ1v) is 6.76. The molecule has 0 N–H and O–H groups in total. The van der Waals surface area contributed by atoms with Crippen LogP contribution < -0.4 is 0 Å². The lowest BCUT2D eigenvalue weighted by atomic mass is 9.80. The molecule has 0 fully saturated rings. The second-order valence-electron chi connectivity index (χ2n) is 5.67. The molecule has 0 amide bonds. The van der Waals surface area contributed by atoms with Crippen molar-refractivity contribution in [1.82, 2.24) is 4.90 Å². The number of allylic oxidation sites excluding steroid dienone is 3. The highest BCUT2D eigenvalue weighted by Crippen LogP contribution is 2.50. The largest absolute Gasteiger partial charge is 0.351 e. The molecular weight excluding hydrogens is 194 g/mol. The van der Waals surface area contributed by atoms with E-state index in [2.05, 4.69) is 38.8 Å². The Bertz CT molecular complexity index is 333. The van der Waals surface area contributed by atoms with Crippen molar-refractivity contribution < 1.29 is 0 Å². The molecule has 16 heavy (non-hydrogen) atoms. The van der Waals surface area contributed by atoms with E-state index in [-0.39, 0.29) is 5.41 Å². The molecule has 1 aliphatic carbocycles. The van der Waals surface area contributed by atoms with E-state index in [0.717, 1.165) is 6.42 Å². The molecule has 0 aromatic rings. The molecule has 1 aliphatic heterocycles. The number of nitrogens with zero attached hydrogens (tertiary/aromatic N) is 1. The third-order valence-electron chi connectivity index (χ3n) is 4.25. The fourth-order valence-corrected chi connectivity index (χ4v) is 3.41. The van der Waals surface area contributed by atoms with Gasteiger partial charge in [0.05, 0.1) is 0 Å². The maximum atomic E-state index is 2.48. The molecule has 0 bridgehead atoms. The topological polar surface area (TPSA) is 3.24 Å². The fraction of sp³-hybridized carbons (Fsp3) is 0.733. The third-order valence-corrected chi connectivity index (χ3v) is 4.25. The SMILES string of the molecule is CC/C=C1\N(C)C2=C(CCCCC2)C1(C)C. The van der Waals surface area contributed by atoms with Gasteiger partial charge in [0.15, 0.2) is 0 Å². The van der Waals surface area contributed by atoms with Crippen molar-refractivity contribution in [2.75, 3.05) is 7.05 Å². The molecule has 0 saturated carbocycles. The van der Waals surface area contributed by atoms with E-state index in [9.17, 15) is 0 Å². The van der Waals surface area contributed by atoms with Gasteiger partial charge < -0.3 is 4.90 Å². The summed E-state index contributed by atoms with van der Waals surface area (Å²) in [5, 5.41) is 0. The van der Waals surface area contributed by atoms with Crippen LogP contribution in [-0.4, -0.2) is 11.9 Å². The van der Waals surface area contributed by atoms with E-state index >= 15 is 0 Å². The van der Waals surface area contributed by atoms with E-state index < -0.39 is 0 Å². The van der Waals surface area contributed by atoms with Gasteiger partial charge in [-0.15, -0.1) is 0 Å². The summed E-state index contributed by atoms with van der Waals surface area (Å²) in [6.45, 7) is 7.04. The lowest BCUT2D eigenvalue weighted by Crippen LogP contribution is -2.20. The number of hydrogen-bond acceptors (Lipinski definition) is 1. The highest BCUT2D eigenvalue weighted by molar-refractivity contribution is 5.40. The van der Waals surface area contributed by atoms with Crippen LogP contribution in [0, 0.1) is 5.41 Å². The van der Waals surface area contributed by atoms with Gasteiger partial charge in [-0.25, -0.2) is 0 Å². The van der Waals surface area contributed by atoms with E-state index in [1.165, 1.54) is 37.8 Å². The molecule has 0 radical (unpaired) electrons. The lowest BCUT2D eigenvalue weighted by Gasteiger charge is -2.27. The molecule has 0 atom stereocenters. The van der Waals surface area contributed by atoms with Crippen molar-refractivity contribution >= 4 is 0 Å². The lowest BCUT2D eigenvalue weighted by molar-refractivity contribution is 0.416. The van der Waals surface area contributed by atoms with Gasteiger partial charge in [-0.3, -0.25) is 0 Å². The molecule has 2 aliphatic rings. The molecule has 0 unspecified atom stereocenters. The Balaban J connectivity index is 2.40. The van der Waals surface area contributed by atoms with Gasteiger partial charge in [0.25, 0.3) is 0 Å². The van der Waals surface area contributed by atoms with Crippen molar-refractivity contribution in [2.45, 2.75) is 59.3 Å².